The van der Waals surface area contributed by atoms with Gasteiger partial charge in [0.1, 0.15) is 12.1 Å². The van der Waals surface area contributed by atoms with Gasteiger partial charge in [-0.2, -0.15) is 0 Å². The lowest BCUT2D eigenvalue weighted by Crippen LogP contribution is -2.62. The number of carbonyl (C=O) groups is 3. The van der Waals surface area contributed by atoms with Gasteiger partial charge in [-0.05, 0) is 5.56 Å². The number of rotatable bonds is 4. The summed E-state index contributed by atoms with van der Waals surface area (Å²) in [4.78, 5) is 34.1. The van der Waals surface area contributed by atoms with Gasteiger partial charge in [0.05, 0.1) is 6.42 Å². The molecule has 1 aromatic rings. The number of hydrogen-bond acceptors (Lipinski definition) is 3. The van der Waals surface area contributed by atoms with Crippen molar-refractivity contribution >= 4 is 17.8 Å². The molecular formula is C13H14N2O4. The molecule has 1 aliphatic rings. The number of amides is 2. The van der Waals surface area contributed by atoms with Gasteiger partial charge in [0.25, 0.3) is 0 Å². The summed E-state index contributed by atoms with van der Waals surface area (Å²) in [6.45, 7) is 0. The highest BCUT2D eigenvalue weighted by atomic mass is 16.4. The lowest BCUT2D eigenvalue weighted by Gasteiger charge is -2.28. The topological polar surface area (TPSA) is 95.5 Å². The molecule has 0 aliphatic carbocycles. The molecule has 1 aromatic carbocycles. The number of carbonyl (C=O) groups excluding carboxylic acids is 2. The van der Waals surface area contributed by atoms with E-state index in [0.29, 0.717) is 6.42 Å². The van der Waals surface area contributed by atoms with Gasteiger partial charge in [0, 0.05) is 6.42 Å². The molecule has 1 fully saturated rings. The van der Waals surface area contributed by atoms with E-state index in [1.807, 2.05) is 30.3 Å². The van der Waals surface area contributed by atoms with Gasteiger partial charge in [0.15, 0.2) is 0 Å². The summed E-state index contributed by atoms with van der Waals surface area (Å²) in [6, 6.07) is 7.66. The van der Waals surface area contributed by atoms with Crippen LogP contribution in [0.4, 0.5) is 0 Å². The molecule has 2 rings (SSSR count). The van der Waals surface area contributed by atoms with Crippen LogP contribution in [0.2, 0.25) is 0 Å². The maximum atomic E-state index is 11.8. The molecule has 3 N–H and O–H groups in total. The molecule has 6 nitrogen and oxygen atoms in total. The second kappa shape index (κ2) is 5.51. The van der Waals surface area contributed by atoms with Crippen LogP contribution >= 0.6 is 0 Å². The molecule has 19 heavy (non-hydrogen) atoms. The van der Waals surface area contributed by atoms with Gasteiger partial charge < -0.3 is 15.7 Å². The smallest absolute Gasteiger partial charge is 0.305 e. The highest BCUT2D eigenvalue weighted by Crippen LogP contribution is 2.08. The summed E-state index contributed by atoms with van der Waals surface area (Å²) in [6.07, 6.45) is -0.0200. The zero-order valence-corrected chi connectivity index (χ0v) is 10.1. The van der Waals surface area contributed by atoms with Crippen molar-refractivity contribution in [1.82, 2.24) is 10.6 Å². The van der Waals surface area contributed by atoms with Gasteiger partial charge in [-0.1, -0.05) is 30.3 Å². The Morgan fingerprint density at radius 2 is 1.63 bits per heavy atom. The summed E-state index contributed by atoms with van der Waals surface area (Å²) < 4.78 is 0. The van der Waals surface area contributed by atoms with Crippen molar-refractivity contribution in [3.05, 3.63) is 35.9 Å². The summed E-state index contributed by atoms with van der Waals surface area (Å²) in [5, 5.41) is 13.6. The molecule has 1 saturated heterocycles. The van der Waals surface area contributed by atoms with Gasteiger partial charge >= 0.3 is 5.97 Å². The first-order valence-corrected chi connectivity index (χ1v) is 5.92. The summed E-state index contributed by atoms with van der Waals surface area (Å²) in [5.41, 5.74) is 0.930. The number of carboxylic acids is 1. The van der Waals surface area contributed by atoms with E-state index in [-0.39, 0.29) is 5.91 Å². The van der Waals surface area contributed by atoms with E-state index in [1.54, 1.807) is 0 Å². The van der Waals surface area contributed by atoms with E-state index in [2.05, 4.69) is 10.6 Å². The van der Waals surface area contributed by atoms with Crippen molar-refractivity contribution in [2.45, 2.75) is 24.9 Å². The molecule has 0 spiro atoms. The van der Waals surface area contributed by atoms with E-state index in [4.69, 9.17) is 5.11 Å². The van der Waals surface area contributed by atoms with Crippen molar-refractivity contribution in [2.24, 2.45) is 0 Å². The maximum Gasteiger partial charge on any atom is 0.305 e. The van der Waals surface area contributed by atoms with E-state index in [9.17, 15) is 14.4 Å². The molecule has 1 heterocycles. The third kappa shape index (κ3) is 3.31. The Morgan fingerprint density at radius 1 is 1.05 bits per heavy atom. The molecule has 2 amide bonds. The zero-order valence-electron chi connectivity index (χ0n) is 10.1. The molecule has 0 bridgehead atoms. The summed E-state index contributed by atoms with van der Waals surface area (Å²) in [5.74, 6) is -1.93. The average Bonchev–Trinajstić information content (AvgIpc) is 2.36. The van der Waals surface area contributed by atoms with Gasteiger partial charge in [0.2, 0.25) is 11.8 Å². The van der Waals surface area contributed by atoms with Crippen LogP contribution in [-0.2, 0) is 20.8 Å². The fourth-order valence-electron chi connectivity index (χ4n) is 1.99. The quantitative estimate of drug-likeness (QED) is 0.693. The van der Waals surface area contributed by atoms with Crippen molar-refractivity contribution in [3.63, 3.8) is 0 Å². The number of benzene rings is 1. The Bertz CT molecular complexity index is 501. The van der Waals surface area contributed by atoms with E-state index >= 15 is 0 Å². The standard InChI is InChI=1S/C13H14N2O4/c16-11(17)7-10-13(19)14-9(12(18)15-10)6-8-4-2-1-3-5-8/h1-5,9-10H,6-7H2,(H,14,19)(H,15,18)(H,16,17)/t9-,10-/m1/s1. The lowest BCUT2D eigenvalue weighted by atomic mass is 10.0. The third-order valence-corrected chi connectivity index (χ3v) is 2.93. The second-order valence-electron chi connectivity index (χ2n) is 4.41. The summed E-state index contributed by atoms with van der Waals surface area (Å²) >= 11 is 0. The highest BCUT2D eigenvalue weighted by Gasteiger charge is 2.34. The minimum absolute atomic E-state index is 0.352. The minimum Gasteiger partial charge on any atom is -0.481 e. The summed E-state index contributed by atoms with van der Waals surface area (Å²) in [7, 11) is 0. The molecule has 1 aliphatic heterocycles. The monoisotopic (exact) mass is 262 g/mol. The Kier molecular flexibility index (Phi) is 3.79. The first-order valence-electron chi connectivity index (χ1n) is 5.92. The predicted octanol–water partition coefficient (Wildman–Crippen LogP) is -0.313. The Labute approximate surface area is 109 Å². The molecule has 0 radical (unpaired) electrons. The normalized spacial score (nSPS) is 22.5. The molecule has 100 valence electrons. The Balaban J connectivity index is 2.00. The van der Waals surface area contributed by atoms with Crippen LogP contribution in [-0.4, -0.2) is 35.0 Å². The molecule has 0 aromatic heterocycles. The van der Waals surface area contributed by atoms with Gasteiger partial charge in [-0.15, -0.1) is 0 Å². The number of nitrogens with one attached hydrogen (secondary N) is 2. The van der Waals surface area contributed by atoms with Crippen LogP contribution in [0.15, 0.2) is 30.3 Å². The van der Waals surface area contributed by atoms with Crippen molar-refractivity contribution < 1.29 is 19.5 Å². The van der Waals surface area contributed by atoms with Crippen LogP contribution in [0.3, 0.4) is 0 Å². The van der Waals surface area contributed by atoms with Crippen molar-refractivity contribution in [3.8, 4) is 0 Å². The van der Waals surface area contributed by atoms with E-state index in [0.717, 1.165) is 5.56 Å². The minimum atomic E-state index is -1.12. The molecule has 0 unspecified atom stereocenters. The average molecular weight is 262 g/mol. The van der Waals surface area contributed by atoms with Gasteiger partial charge in [-0.25, -0.2) is 0 Å². The zero-order chi connectivity index (χ0) is 13.8. The van der Waals surface area contributed by atoms with Crippen LogP contribution in [0.25, 0.3) is 0 Å². The van der Waals surface area contributed by atoms with Gasteiger partial charge in [-0.3, -0.25) is 14.4 Å². The third-order valence-electron chi connectivity index (χ3n) is 2.93. The van der Waals surface area contributed by atoms with Crippen molar-refractivity contribution in [2.75, 3.05) is 0 Å². The lowest BCUT2D eigenvalue weighted by molar-refractivity contribution is -0.143. The van der Waals surface area contributed by atoms with Crippen LogP contribution in [0.1, 0.15) is 12.0 Å². The Morgan fingerprint density at radius 3 is 2.26 bits per heavy atom. The molecule has 0 saturated carbocycles. The molecule has 2 atom stereocenters. The highest BCUT2D eigenvalue weighted by molar-refractivity contribution is 5.98. The van der Waals surface area contributed by atoms with Crippen molar-refractivity contribution in [1.29, 1.82) is 0 Å². The second-order valence-corrected chi connectivity index (χ2v) is 4.41. The van der Waals surface area contributed by atoms with Crippen LogP contribution in [0.5, 0.6) is 0 Å². The maximum absolute atomic E-state index is 11.8. The first kappa shape index (κ1) is 13.1. The van der Waals surface area contributed by atoms with Crippen LogP contribution < -0.4 is 10.6 Å². The first-order chi connectivity index (χ1) is 9.06. The predicted molar refractivity (Wildman–Crippen MR) is 66.3 cm³/mol. The Hall–Kier alpha value is -2.37. The number of aliphatic carboxylic acids is 1. The largest absolute Gasteiger partial charge is 0.481 e. The fourth-order valence-corrected chi connectivity index (χ4v) is 1.99. The fraction of sp³-hybridized carbons (Fsp3) is 0.308. The van der Waals surface area contributed by atoms with Crippen LogP contribution in [0, 0.1) is 0 Å². The molecular weight excluding hydrogens is 248 g/mol. The van der Waals surface area contributed by atoms with E-state index in [1.165, 1.54) is 0 Å². The number of piperazine rings is 1. The SMILES string of the molecule is O=C(O)C[C@H]1NC(=O)[C@@H](Cc2ccccc2)NC1=O. The molecule has 6 heteroatoms. The number of carboxylic acid groups (broad SMARTS) is 1. The number of hydrogen-bond donors (Lipinski definition) is 3. The van der Waals surface area contributed by atoms with E-state index < -0.39 is 30.4 Å².